The van der Waals surface area contributed by atoms with Crippen molar-refractivity contribution in [1.29, 1.82) is 0 Å². The van der Waals surface area contributed by atoms with Crippen molar-refractivity contribution in [1.82, 2.24) is 4.31 Å². The number of anilines is 1. The molecule has 1 heterocycles. The Morgan fingerprint density at radius 2 is 1.67 bits per heavy atom. The van der Waals surface area contributed by atoms with Gasteiger partial charge in [-0.1, -0.05) is 53.5 Å². The van der Waals surface area contributed by atoms with Crippen LogP contribution < -0.4 is 5.32 Å². The summed E-state index contributed by atoms with van der Waals surface area (Å²) in [4.78, 5) is 13.0. The van der Waals surface area contributed by atoms with E-state index in [1.54, 1.807) is 36.4 Å². The molecule has 0 radical (unpaired) electrons. The fourth-order valence-electron chi connectivity index (χ4n) is 3.72. The van der Waals surface area contributed by atoms with Crippen molar-refractivity contribution >= 4 is 55.6 Å². The molecule has 5 nitrogen and oxygen atoms in total. The molecule has 4 rings (SSSR count). The maximum atomic E-state index is 13.2. The van der Waals surface area contributed by atoms with Crippen molar-refractivity contribution < 1.29 is 13.2 Å². The van der Waals surface area contributed by atoms with Crippen LogP contribution in [0, 0.1) is 5.92 Å². The zero-order valence-electron chi connectivity index (χ0n) is 16.0. The summed E-state index contributed by atoms with van der Waals surface area (Å²) >= 11 is 12.0. The second kappa shape index (κ2) is 8.55. The van der Waals surface area contributed by atoms with E-state index >= 15 is 0 Å². The molecule has 1 N–H and O–H groups in total. The van der Waals surface area contributed by atoms with E-state index in [-0.39, 0.29) is 17.3 Å². The lowest BCUT2D eigenvalue weighted by atomic mass is 9.99. The van der Waals surface area contributed by atoms with Gasteiger partial charge in [0.25, 0.3) is 0 Å². The first-order chi connectivity index (χ1) is 14.3. The normalized spacial score (nSPS) is 17.7. The van der Waals surface area contributed by atoms with Crippen molar-refractivity contribution in [3.8, 4) is 0 Å². The summed E-state index contributed by atoms with van der Waals surface area (Å²) in [5, 5.41) is 5.48. The monoisotopic (exact) mass is 462 g/mol. The van der Waals surface area contributed by atoms with Crippen LogP contribution in [0.2, 0.25) is 10.0 Å². The molecule has 0 unspecified atom stereocenters. The Morgan fingerprint density at radius 1 is 0.967 bits per heavy atom. The highest BCUT2D eigenvalue weighted by Crippen LogP contribution is 2.28. The zero-order chi connectivity index (χ0) is 21.3. The highest BCUT2D eigenvalue weighted by Gasteiger charge is 2.33. The van der Waals surface area contributed by atoms with Gasteiger partial charge in [0.05, 0.1) is 10.8 Å². The maximum absolute atomic E-state index is 13.2. The molecule has 1 aliphatic heterocycles. The minimum Gasteiger partial charge on any atom is -0.326 e. The quantitative estimate of drug-likeness (QED) is 0.580. The fraction of sp³-hybridized carbons (Fsp3) is 0.227. The van der Waals surface area contributed by atoms with Crippen LogP contribution >= 0.6 is 23.2 Å². The smallest absolute Gasteiger partial charge is 0.243 e. The van der Waals surface area contributed by atoms with Crippen molar-refractivity contribution in [3.05, 3.63) is 70.7 Å². The number of carbonyl (C=O) groups excluding carboxylic acids is 1. The molecular weight excluding hydrogens is 443 g/mol. The van der Waals surface area contributed by atoms with Crippen LogP contribution in [0.5, 0.6) is 0 Å². The highest BCUT2D eigenvalue weighted by atomic mass is 35.5. The van der Waals surface area contributed by atoms with Gasteiger partial charge < -0.3 is 5.32 Å². The lowest BCUT2D eigenvalue weighted by Crippen LogP contribution is -2.43. The molecule has 0 bridgehead atoms. The van der Waals surface area contributed by atoms with E-state index in [4.69, 9.17) is 23.2 Å². The third kappa shape index (κ3) is 4.47. The molecule has 1 aliphatic rings. The van der Waals surface area contributed by atoms with Gasteiger partial charge in [0.2, 0.25) is 15.9 Å². The van der Waals surface area contributed by atoms with Gasteiger partial charge in [-0.2, -0.15) is 4.31 Å². The van der Waals surface area contributed by atoms with Gasteiger partial charge in [-0.05, 0) is 53.9 Å². The number of sulfonamides is 1. The van der Waals surface area contributed by atoms with Crippen LogP contribution in [0.15, 0.2) is 65.6 Å². The number of halogens is 2. The summed E-state index contributed by atoms with van der Waals surface area (Å²) < 4.78 is 27.8. The largest absolute Gasteiger partial charge is 0.326 e. The van der Waals surface area contributed by atoms with Gasteiger partial charge in [0.15, 0.2) is 0 Å². The Bertz CT molecular complexity index is 1190. The number of carbonyl (C=O) groups is 1. The number of rotatable bonds is 4. The van der Waals surface area contributed by atoms with Gasteiger partial charge in [-0.3, -0.25) is 4.79 Å². The van der Waals surface area contributed by atoms with E-state index < -0.39 is 15.9 Å². The second-order valence-electron chi connectivity index (χ2n) is 7.36. The molecule has 3 aromatic rings. The van der Waals surface area contributed by atoms with Crippen LogP contribution in [0.4, 0.5) is 5.69 Å². The second-order valence-corrected chi connectivity index (χ2v) is 10.2. The highest BCUT2D eigenvalue weighted by molar-refractivity contribution is 7.89. The number of hydrogen-bond donors (Lipinski definition) is 1. The summed E-state index contributed by atoms with van der Waals surface area (Å²) in [7, 11) is -3.70. The predicted octanol–water partition coefficient (Wildman–Crippen LogP) is 5.19. The Morgan fingerprint density at radius 3 is 2.40 bits per heavy atom. The van der Waals surface area contributed by atoms with E-state index in [1.807, 2.05) is 24.3 Å². The predicted molar refractivity (Wildman–Crippen MR) is 121 cm³/mol. The fourth-order valence-corrected chi connectivity index (χ4v) is 5.81. The summed E-state index contributed by atoms with van der Waals surface area (Å²) in [5.41, 5.74) is 0.493. The molecule has 1 saturated heterocycles. The van der Waals surface area contributed by atoms with E-state index in [1.165, 1.54) is 4.31 Å². The van der Waals surface area contributed by atoms with Crippen molar-refractivity contribution in [2.45, 2.75) is 17.7 Å². The molecular formula is C22H20Cl2N2O3S. The molecule has 0 spiro atoms. The summed E-state index contributed by atoms with van der Waals surface area (Å²) in [6.45, 7) is 0.525. The molecule has 0 aliphatic carbocycles. The Kier molecular flexibility index (Phi) is 6.02. The van der Waals surface area contributed by atoms with Gasteiger partial charge in [-0.15, -0.1) is 0 Å². The number of nitrogens with zero attached hydrogens (tertiary/aromatic N) is 1. The lowest BCUT2D eigenvalue weighted by Gasteiger charge is -2.31. The minimum absolute atomic E-state index is 0.134. The third-order valence-corrected chi connectivity index (χ3v) is 7.54. The maximum Gasteiger partial charge on any atom is 0.243 e. The van der Waals surface area contributed by atoms with Gasteiger partial charge >= 0.3 is 0 Å². The average molecular weight is 463 g/mol. The van der Waals surface area contributed by atoms with E-state index in [9.17, 15) is 13.2 Å². The number of amides is 1. The third-order valence-electron chi connectivity index (χ3n) is 5.24. The van der Waals surface area contributed by atoms with E-state index in [0.717, 1.165) is 10.8 Å². The average Bonchev–Trinajstić information content (AvgIpc) is 2.72. The van der Waals surface area contributed by atoms with Crippen LogP contribution in [0.1, 0.15) is 12.8 Å². The first kappa shape index (κ1) is 21.1. The van der Waals surface area contributed by atoms with Gasteiger partial charge in [-0.25, -0.2) is 8.42 Å². The molecule has 3 aromatic carbocycles. The first-order valence-corrected chi connectivity index (χ1v) is 11.8. The standard InChI is InChI=1S/C22H20Cl2N2O3S/c23-18-11-19(24)13-20(12-18)25-22(27)17-6-3-9-26(14-17)30(28,29)21-8-7-15-4-1-2-5-16(15)10-21/h1-2,4-5,7-8,10-13,17H,3,6,9,14H2,(H,25,27)/t17-/m1/s1. The van der Waals surface area contributed by atoms with Crippen LogP contribution in [0.25, 0.3) is 10.8 Å². The van der Waals surface area contributed by atoms with Crippen LogP contribution in [-0.4, -0.2) is 31.7 Å². The Balaban J connectivity index is 1.52. The SMILES string of the molecule is O=C(Nc1cc(Cl)cc(Cl)c1)[C@@H]1CCCN(S(=O)(=O)c2ccc3ccccc3c2)C1. The van der Waals surface area contributed by atoms with Crippen LogP contribution in [-0.2, 0) is 14.8 Å². The first-order valence-electron chi connectivity index (χ1n) is 9.59. The lowest BCUT2D eigenvalue weighted by molar-refractivity contribution is -0.120. The molecule has 156 valence electrons. The topological polar surface area (TPSA) is 66.5 Å². The zero-order valence-corrected chi connectivity index (χ0v) is 18.3. The molecule has 30 heavy (non-hydrogen) atoms. The number of fused-ring (bicyclic) bond motifs is 1. The number of benzene rings is 3. The Labute approximate surface area is 185 Å². The van der Waals surface area contributed by atoms with Crippen molar-refractivity contribution in [3.63, 3.8) is 0 Å². The molecule has 1 atom stereocenters. The molecule has 1 fully saturated rings. The van der Waals surface area contributed by atoms with Gasteiger partial charge in [0, 0.05) is 28.8 Å². The van der Waals surface area contributed by atoms with E-state index in [2.05, 4.69) is 5.32 Å². The Hall–Kier alpha value is -2.12. The summed E-state index contributed by atoms with van der Waals surface area (Å²) in [6, 6.07) is 17.5. The number of nitrogens with one attached hydrogen (secondary N) is 1. The number of hydrogen-bond acceptors (Lipinski definition) is 3. The molecule has 0 saturated carbocycles. The minimum atomic E-state index is -3.70. The van der Waals surface area contributed by atoms with Gasteiger partial charge in [0.1, 0.15) is 0 Å². The van der Waals surface area contributed by atoms with Crippen molar-refractivity contribution in [2.24, 2.45) is 5.92 Å². The summed E-state index contributed by atoms with van der Waals surface area (Å²) in [6.07, 6.45) is 1.23. The molecule has 1 amide bonds. The molecule has 8 heteroatoms. The molecule has 0 aromatic heterocycles. The summed E-state index contributed by atoms with van der Waals surface area (Å²) in [5.74, 6) is -0.696. The van der Waals surface area contributed by atoms with Crippen molar-refractivity contribution in [2.75, 3.05) is 18.4 Å². The van der Waals surface area contributed by atoms with Crippen LogP contribution in [0.3, 0.4) is 0 Å². The van der Waals surface area contributed by atoms with E-state index in [0.29, 0.717) is 35.1 Å². The number of piperidine rings is 1.